The monoisotopic (exact) mass is 138 g/mol. The van der Waals surface area contributed by atoms with Crippen LogP contribution in [0.15, 0.2) is 29.0 Å². The highest BCUT2D eigenvalue weighted by Crippen LogP contribution is 2.06. The van der Waals surface area contributed by atoms with Crippen molar-refractivity contribution in [1.29, 1.82) is 0 Å². The molecule has 1 aromatic heterocycles. The molecule has 9 heavy (non-hydrogen) atoms. The van der Waals surface area contributed by atoms with Gasteiger partial charge in [-0.3, -0.25) is 0 Å². The van der Waals surface area contributed by atoms with E-state index in [1.807, 2.05) is 6.92 Å². The lowest BCUT2D eigenvalue weighted by atomic mass is 10.2. The second-order valence-electron chi connectivity index (χ2n) is 1.90. The molecule has 0 bridgehead atoms. The lowest BCUT2D eigenvalue weighted by molar-refractivity contribution is 1.29. The highest BCUT2D eigenvalue weighted by Gasteiger charge is 1.85. The van der Waals surface area contributed by atoms with E-state index in [0.717, 1.165) is 6.42 Å². The molecule has 0 fully saturated rings. The van der Waals surface area contributed by atoms with Gasteiger partial charge in [-0.1, -0.05) is 12.2 Å². The maximum absolute atomic E-state index is 2.18. The van der Waals surface area contributed by atoms with Gasteiger partial charge in [-0.05, 0) is 35.7 Å². The molecule has 1 heteroatoms. The molecule has 0 unspecified atom stereocenters. The standard InChI is InChI=1S/C8H10S/c1-2-3-4-8-5-6-9-7-8/h2-3,5-7H,4H2,1H3/b3-2+. The molecule has 0 atom stereocenters. The number of rotatable bonds is 2. The highest BCUT2D eigenvalue weighted by atomic mass is 32.1. The van der Waals surface area contributed by atoms with Crippen molar-refractivity contribution in [1.82, 2.24) is 0 Å². The Bertz CT molecular complexity index is 172. The Hall–Kier alpha value is -0.560. The zero-order valence-corrected chi connectivity index (χ0v) is 6.32. The normalized spacial score (nSPS) is 10.8. The Kier molecular flexibility index (Phi) is 2.52. The molecule has 0 spiro atoms. The Morgan fingerprint density at radius 3 is 3.11 bits per heavy atom. The number of thiophene rings is 1. The number of hydrogen-bond acceptors (Lipinski definition) is 1. The third-order valence-corrected chi connectivity index (χ3v) is 1.90. The molecule has 0 aliphatic heterocycles. The second-order valence-corrected chi connectivity index (χ2v) is 2.68. The molecular weight excluding hydrogens is 128 g/mol. The minimum Gasteiger partial charge on any atom is -0.152 e. The third kappa shape index (κ3) is 2.02. The van der Waals surface area contributed by atoms with Crippen molar-refractivity contribution in [3.05, 3.63) is 34.5 Å². The van der Waals surface area contributed by atoms with Crippen molar-refractivity contribution in [2.45, 2.75) is 13.3 Å². The summed E-state index contributed by atoms with van der Waals surface area (Å²) in [6, 6.07) is 2.16. The summed E-state index contributed by atoms with van der Waals surface area (Å²) in [4.78, 5) is 0. The fourth-order valence-corrected chi connectivity index (χ4v) is 1.34. The Morgan fingerprint density at radius 1 is 1.67 bits per heavy atom. The maximum atomic E-state index is 2.18. The summed E-state index contributed by atoms with van der Waals surface area (Å²) in [5, 5.41) is 4.29. The molecular formula is C8H10S. The van der Waals surface area contributed by atoms with E-state index in [4.69, 9.17) is 0 Å². The van der Waals surface area contributed by atoms with E-state index in [-0.39, 0.29) is 0 Å². The maximum Gasteiger partial charge on any atom is -0.00581 e. The molecule has 1 aromatic rings. The predicted octanol–water partition coefficient (Wildman–Crippen LogP) is 2.87. The molecule has 0 aromatic carbocycles. The van der Waals surface area contributed by atoms with Crippen LogP contribution in [0.4, 0.5) is 0 Å². The molecule has 0 radical (unpaired) electrons. The first-order valence-corrected chi connectivity index (χ1v) is 4.00. The van der Waals surface area contributed by atoms with E-state index in [0.29, 0.717) is 0 Å². The molecule has 0 nitrogen and oxygen atoms in total. The molecule has 48 valence electrons. The minimum absolute atomic E-state index is 1.08. The van der Waals surface area contributed by atoms with Gasteiger partial charge in [-0.25, -0.2) is 0 Å². The van der Waals surface area contributed by atoms with Crippen LogP contribution in [0.2, 0.25) is 0 Å². The lowest BCUT2D eigenvalue weighted by Crippen LogP contribution is -1.70. The third-order valence-electron chi connectivity index (χ3n) is 1.17. The van der Waals surface area contributed by atoms with Crippen molar-refractivity contribution in [3.63, 3.8) is 0 Å². The fourth-order valence-electron chi connectivity index (χ4n) is 0.663. The number of allylic oxidation sites excluding steroid dienone is 2. The van der Waals surface area contributed by atoms with Gasteiger partial charge in [0.1, 0.15) is 0 Å². The average Bonchev–Trinajstić information content (AvgIpc) is 2.34. The van der Waals surface area contributed by atoms with Crippen LogP contribution in [0.25, 0.3) is 0 Å². The SMILES string of the molecule is C/C=C/Cc1ccsc1. The van der Waals surface area contributed by atoms with Gasteiger partial charge in [0.05, 0.1) is 0 Å². The van der Waals surface area contributed by atoms with Crippen molar-refractivity contribution < 1.29 is 0 Å². The van der Waals surface area contributed by atoms with E-state index in [2.05, 4.69) is 29.0 Å². The fraction of sp³-hybridized carbons (Fsp3) is 0.250. The quantitative estimate of drug-likeness (QED) is 0.551. The zero-order valence-electron chi connectivity index (χ0n) is 5.50. The van der Waals surface area contributed by atoms with Crippen molar-refractivity contribution in [2.75, 3.05) is 0 Å². The predicted molar refractivity (Wildman–Crippen MR) is 42.8 cm³/mol. The largest absolute Gasteiger partial charge is 0.152 e. The van der Waals surface area contributed by atoms with Gasteiger partial charge in [0.2, 0.25) is 0 Å². The Labute approximate surface area is 59.8 Å². The summed E-state index contributed by atoms with van der Waals surface area (Å²) in [5.74, 6) is 0. The van der Waals surface area contributed by atoms with Crippen molar-refractivity contribution >= 4 is 11.3 Å². The molecule has 1 rings (SSSR count). The van der Waals surface area contributed by atoms with Gasteiger partial charge in [0, 0.05) is 0 Å². The Morgan fingerprint density at radius 2 is 2.56 bits per heavy atom. The first-order valence-electron chi connectivity index (χ1n) is 3.05. The van der Waals surface area contributed by atoms with Gasteiger partial charge in [-0.15, -0.1) is 0 Å². The first kappa shape index (κ1) is 6.56. The van der Waals surface area contributed by atoms with E-state index in [1.165, 1.54) is 5.56 Å². The van der Waals surface area contributed by atoms with Gasteiger partial charge in [-0.2, -0.15) is 11.3 Å². The summed E-state index contributed by atoms with van der Waals surface area (Å²) in [5.41, 5.74) is 1.41. The topological polar surface area (TPSA) is 0 Å². The molecule has 0 N–H and O–H groups in total. The summed E-state index contributed by atoms with van der Waals surface area (Å²) < 4.78 is 0. The van der Waals surface area contributed by atoms with Crippen LogP contribution in [0.3, 0.4) is 0 Å². The molecule has 0 saturated carbocycles. The van der Waals surface area contributed by atoms with E-state index in [9.17, 15) is 0 Å². The zero-order chi connectivity index (χ0) is 6.53. The summed E-state index contributed by atoms with van der Waals surface area (Å²) in [6.07, 6.45) is 5.33. The van der Waals surface area contributed by atoms with Crippen LogP contribution >= 0.6 is 11.3 Å². The number of hydrogen-bond donors (Lipinski definition) is 0. The van der Waals surface area contributed by atoms with Crippen molar-refractivity contribution in [2.24, 2.45) is 0 Å². The van der Waals surface area contributed by atoms with Crippen LogP contribution in [0.5, 0.6) is 0 Å². The van der Waals surface area contributed by atoms with Gasteiger partial charge < -0.3 is 0 Å². The van der Waals surface area contributed by atoms with Crippen LogP contribution in [-0.2, 0) is 6.42 Å². The van der Waals surface area contributed by atoms with E-state index >= 15 is 0 Å². The van der Waals surface area contributed by atoms with Crippen molar-refractivity contribution in [3.8, 4) is 0 Å². The highest BCUT2D eigenvalue weighted by molar-refractivity contribution is 7.07. The average molecular weight is 138 g/mol. The molecule has 1 heterocycles. The molecule has 0 saturated heterocycles. The van der Waals surface area contributed by atoms with Crippen LogP contribution in [-0.4, -0.2) is 0 Å². The van der Waals surface area contributed by atoms with Crippen LogP contribution in [0, 0.1) is 0 Å². The lowest BCUT2D eigenvalue weighted by Gasteiger charge is -1.83. The van der Waals surface area contributed by atoms with E-state index in [1.54, 1.807) is 11.3 Å². The van der Waals surface area contributed by atoms with Gasteiger partial charge in [0.15, 0.2) is 0 Å². The minimum atomic E-state index is 1.08. The van der Waals surface area contributed by atoms with Gasteiger partial charge >= 0.3 is 0 Å². The molecule has 0 aliphatic rings. The summed E-state index contributed by atoms with van der Waals surface area (Å²) in [7, 11) is 0. The smallest absolute Gasteiger partial charge is 0.00581 e. The first-order chi connectivity index (χ1) is 4.43. The summed E-state index contributed by atoms with van der Waals surface area (Å²) in [6.45, 7) is 2.05. The van der Waals surface area contributed by atoms with Crippen LogP contribution in [0.1, 0.15) is 12.5 Å². The van der Waals surface area contributed by atoms with Gasteiger partial charge in [0.25, 0.3) is 0 Å². The van der Waals surface area contributed by atoms with E-state index < -0.39 is 0 Å². The Balaban J connectivity index is 2.48. The summed E-state index contributed by atoms with van der Waals surface area (Å²) >= 11 is 1.76. The second kappa shape index (κ2) is 3.46. The molecule has 0 amide bonds. The van der Waals surface area contributed by atoms with Crippen LogP contribution < -0.4 is 0 Å². The molecule has 0 aliphatic carbocycles.